The van der Waals surface area contributed by atoms with Gasteiger partial charge in [-0.1, -0.05) is 0 Å². The Bertz CT molecular complexity index is 1040. The fraction of sp³-hybridized carbons (Fsp3) is 0.143. The summed E-state index contributed by atoms with van der Waals surface area (Å²) in [6.07, 6.45) is 0. The third-order valence-corrected chi connectivity index (χ3v) is 3.76. The van der Waals surface area contributed by atoms with Crippen LogP contribution in [0.15, 0.2) is 33.4 Å². The van der Waals surface area contributed by atoms with E-state index in [2.05, 4.69) is 10.2 Å². The zero-order valence-electron chi connectivity index (χ0n) is 13.4. The van der Waals surface area contributed by atoms with Gasteiger partial charge in [-0.2, -0.15) is 8.78 Å². The van der Waals surface area contributed by atoms with Gasteiger partial charge in [-0.05, 0) is 0 Å². The number of azo groups is 1. The molecule has 2 rings (SSSR count). The maximum atomic E-state index is 14.1. The molecule has 1 aliphatic rings. The lowest BCUT2D eigenvalue weighted by Crippen LogP contribution is -2.56. The van der Waals surface area contributed by atoms with Crippen LogP contribution >= 0.6 is 0 Å². The van der Waals surface area contributed by atoms with Crippen molar-refractivity contribution in [1.29, 1.82) is 0 Å². The number of allylic oxidation sites excluding steroid dienone is 2. The van der Waals surface area contributed by atoms with Crippen LogP contribution in [0.25, 0.3) is 0 Å². The average Bonchev–Trinajstić information content (AvgIpc) is 2.65. The molecule has 0 unspecified atom stereocenters. The van der Waals surface area contributed by atoms with Crippen LogP contribution in [0.5, 0.6) is 0 Å². The molecule has 2 N–H and O–H groups in total. The summed E-state index contributed by atoms with van der Waals surface area (Å²) < 4.78 is 136. The molecule has 0 aliphatic heterocycles. The number of nitrogens with zero attached hydrogens (tertiary/aromatic N) is 2. The van der Waals surface area contributed by atoms with E-state index in [1.165, 1.54) is 0 Å². The molecule has 30 heavy (non-hydrogen) atoms. The van der Waals surface area contributed by atoms with Crippen molar-refractivity contribution in [2.75, 3.05) is 0 Å². The van der Waals surface area contributed by atoms with Gasteiger partial charge in [0.25, 0.3) is 5.41 Å². The van der Waals surface area contributed by atoms with E-state index in [9.17, 15) is 53.5 Å². The number of halogens is 10. The van der Waals surface area contributed by atoms with Crippen LogP contribution in [0.4, 0.5) is 49.6 Å². The Morgan fingerprint density at radius 2 is 1.07 bits per heavy atom. The molecule has 0 bridgehead atoms. The van der Waals surface area contributed by atoms with E-state index in [0.29, 0.717) is 0 Å². The number of hydrogen-bond donors (Lipinski definition) is 2. The minimum Gasteiger partial charge on any atom is -0.480 e. The number of rotatable bonds is 4. The second-order valence-electron chi connectivity index (χ2n) is 5.34. The van der Waals surface area contributed by atoms with Crippen LogP contribution in [0.3, 0.4) is 0 Å². The van der Waals surface area contributed by atoms with Crippen molar-refractivity contribution in [3.8, 4) is 0 Å². The minimum absolute atomic E-state index is 2.13. The molecule has 0 heterocycles. The van der Waals surface area contributed by atoms with Gasteiger partial charge in [0, 0.05) is 0 Å². The maximum Gasteiger partial charge on any atom is 0.335 e. The summed E-state index contributed by atoms with van der Waals surface area (Å²) in [5.41, 5.74) is -9.93. The molecular formula is C14H2F10N2O4. The van der Waals surface area contributed by atoms with Crippen LogP contribution in [0, 0.1) is 34.5 Å². The maximum absolute atomic E-state index is 14.1. The van der Waals surface area contributed by atoms with Crippen molar-refractivity contribution in [3.63, 3.8) is 0 Å². The van der Waals surface area contributed by atoms with E-state index in [0.717, 1.165) is 0 Å². The SMILES string of the molecule is O=C(O)C1(C(=O)O)C(F)=C(F)C(N=Nc2c(F)c(F)c(F)c(F)c2F)=C(F)C1(F)F. The summed E-state index contributed by atoms with van der Waals surface area (Å²) in [7, 11) is 0. The monoisotopic (exact) mass is 452 g/mol. The van der Waals surface area contributed by atoms with E-state index < -0.39 is 81.2 Å². The number of aliphatic carboxylic acids is 2. The van der Waals surface area contributed by atoms with Gasteiger partial charge >= 0.3 is 17.9 Å². The highest BCUT2D eigenvalue weighted by atomic mass is 19.3. The number of carboxylic acid groups (broad SMARTS) is 2. The lowest BCUT2D eigenvalue weighted by Gasteiger charge is -2.33. The predicted octanol–water partition coefficient (Wildman–Crippen LogP) is 4.60. The normalized spacial score (nSPS) is 18.3. The molecule has 0 radical (unpaired) electrons. The summed E-state index contributed by atoms with van der Waals surface area (Å²) in [6, 6.07) is 0. The zero-order chi connectivity index (χ0) is 23.3. The summed E-state index contributed by atoms with van der Waals surface area (Å²) in [5, 5.41) is 21.7. The topological polar surface area (TPSA) is 99.3 Å². The standard InChI is InChI=1S/C14H2F10N2O4/c15-1-2(16)4(18)7(5(19)3(1)17)25-26-8-6(20)9(21)13(11(27)28,12(29)30)14(23,24)10(8)22/h(H,27,28)(H,29,30). The molecule has 0 fully saturated rings. The number of carbonyl (C=O) groups is 2. The fourth-order valence-corrected chi connectivity index (χ4v) is 2.23. The van der Waals surface area contributed by atoms with Crippen molar-refractivity contribution in [2.45, 2.75) is 5.92 Å². The Hall–Kier alpha value is -3.46. The lowest BCUT2D eigenvalue weighted by atomic mass is 9.75. The lowest BCUT2D eigenvalue weighted by molar-refractivity contribution is -0.188. The third kappa shape index (κ3) is 2.73. The largest absolute Gasteiger partial charge is 0.480 e. The Morgan fingerprint density at radius 1 is 0.667 bits per heavy atom. The van der Waals surface area contributed by atoms with Gasteiger partial charge in [-0.3, -0.25) is 9.59 Å². The number of carboxylic acids is 2. The number of hydrogen-bond acceptors (Lipinski definition) is 4. The van der Waals surface area contributed by atoms with Gasteiger partial charge in [0.15, 0.2) is 46.3 Å². The molecule has 0 saturated carbocycles. The first-order valence-corrected chi connectivity index (χ1v) is 6.89. The quantitative estimate of drug-likeness (QED) is 0.229. The van der Waals surface area contributed by atoms with Crippen molar-refractivity contribution in [2.24, 2.45) is 15.6 Å². The molecule has 162 valence electrons. The molecular weight excluding hydrogens is 450 g/mol. The molecule has 0 amide bonds. The van der Waals surface area contributed by atoms with E-state index in [1.54, 1.807) is 0 Å². The average molecular weight is 452 g/mol. The van der Waals surface area contributed by atoms with Gasteiger partial charge in [-0.25, -0.2) is 35.1 Å². The first kappa shape index (κ1) is 22.8. The Kier molecular flexibility index (Phi) is 5.40. The molecule has 0 spiro atoms. The van der Waals surface area contributed by atoms with E-state index in [1.807, 2.05) is 0 Å². The van der Waals surface area contributed by atoms with Crippen molar-refractivity contribution in [3.05, 3.63) is 52.3 Å². The van der Waals surface area contributed by atoms with Gasteiger partial charge in [-0.15, -0.1) is 10.2 Å². The molecule has 0 aromatic heterocycles. The summed E-state index contributed by atoms with van der Waals surface area (Å²) in [4.78, 5) is 21.9. The second-order valence-corrected chi connectivity index (χ2v) is 5.34. The highest BCUT2D eigenvalue weighted by Crippen LogP contribution is 2.55. The van der Waals surface area contributed by atoms with Gasteiger partial charge in [0.2, 0.25) is 11.6 Å². The number of benzene rings is 1. The zero-order valence-corrected chi connectivity index (χ0v) is 13.4. The van der Waals surface area contributed by atoms with E-state index in [4.69, 9.17) is 10.2 Å². The molecule has 0 atom stereocenters. The van der Waals surface area contributed by atoms with E-state index in [-0.39, 0.29) is 0 Å². The van der Waals surface area contributed by atoms with Gasteiger partial charge in [0.1, 0.15) is 0 Å². The molecule has 1 aromatic carbocycles. The van der Waals surface area contributed by atoms with Crippen LogP contribution in [0.2, 0.25) is 0 Å². The predicted molar refractivity (Wildman–Crippen MR) is 70.8 cm³/mol. The number of alkyl halides is 2. The van der Waals surface area contributed by atoms with Crippen LogP contribution in [0.1, 0.15) is 0 Å². The molecule has 6 nitrogen and oxygen atoms in total. The van der Waals surface area contributed by atoms with Crippen LogP contribution in [-0.2, 0) is 9.59 Å². The summed E-state index contributed by atoms with van der Waals surface area (Å²) >= 11 is 0. The van der Waals surface area contributed by atoms with Crippen LogP contribution in [-0.4, -0.2) is 28.1 Å². The summed E-state index contributed by atoms with van der Waals surface area (Å²) in [5.74, 6) is -35.3. The van der Waals surface area contributed by atoms with Gasteiger partial charge < -0.3 is 10.2 Å². The van der Waals surface area contributed by atoms with Crippen LogP contribution < -0.4 is 0 Å². The summed E-state index contributed by atoms with van der Waals surface area (Å²) in [6.45, 7) is 0. The van der Waals surface area contributed by atoms with Gasteiger partial charge in [0.05, 0.1) is 0 Å². The molecule has 1 aromatic rings. The Balaban J connectivity index is 2.78. The minimum atomic E-state index is -5.87. The third-order valence-electron chi connectivity index (χ3n) is 3.76. The first-order chi connectivity index (χ1) is 13.6. The highest BCUT2D eigenvalue weighted by Gasteiger charge is 2.75. The van der Waals surface area contributed by atoms with Crippen molar-refractivity contribution in [1.82, 2.24) is 0 Å². The first-order valence-electron chi connectivity index (χ1n) is 6.89. The van der Waals surface area contributed by atoms with Crippen molar-refractivity contribution < 1.29 is 63.7 Å². The molecule has 16 heteroatoms. The van der Waals surface area contributed by atoms with Crippen molar-refractivity contribution >= 4 is 17.6 Å². The molecule has 1 aliphatic carbocycles. The second kappa shape index (κ2) is 7.10. The Labute approximate surface area is 156 Å². The molecule has 0 saturated heterocycles. The van der Waals surface area contributed by atoms with E-state index >= 15 is 0 Å². The smallest absolute Gasteiger partial charge is 0.335 e. The Morgan fingerprint density at radius 3 is 1.47 bits per heavy atom. The fourth-order valence-electron chi connectivity index (χ4n) is 2.23. The highest BCUT2D eigenvalue weighted by molar-refractivity contribution is 6.04.